The number of nitrogens with zero attached hydrogens (tertiary/aromatic N) is 4. The molecule has 0 bridgehead atoms. The van der Waals surface area contributed by atoms with Crippen LogP contribution in [0.2, 0.25) is 50.2 Å². The van der Waals surface area contributed by atoms with Crippen LogP contribution in [0, 0.1) is 0 Å². The summed E-state index contributed by atoms with van der Waals surface area (Å²) in [5.41, 5.74) is 9.54. The molecule has 0 spiro atoms. The molecule has 8 aromatic carbocycles. The van der Waals surface area contributed by atoms with E-state index in [0.717, 1.165) is 23.9 Å². The van der Waals surface area contributed by atoms with Crippen LogP contribution in [0.4, 0.5) is 0 Å². The van der Waals surface area contributed by atoms with Crippen LogP contribution in [0.25, 0.3) is 90.0 Å². The first-order valence-corrected chi connectivity index (χ1v) is 37.4. The van der Waals surface area contributed by atoms with Gasteiger partial charge >= 0.3 is 42.7 Å². The normalized spacial score (nSPS) is 10.8. The Morgan fingerprint density at radius 3 is 1.21 bits per heavy atom. The van der Waals surface area contributed by atoms with Gasteiger partial charge in [0.05, 0.1) is 87.7 Å². The number of ether oxygens (including phenoxy) is 5. The van der Waals surface area contributed by atoms with E-state index >= 15 is 0 Å². The molecule has 1 fully saturated rings. The number of nitrogens with two attached hydrogens (primary N) is 1. The summed E-state index contributed by atoms with van der Waals surface area (Å²) in [7, 11) is 2.62. The van der Waals surface area contributed by atoms with Crippen LogP contribution in [0.5, 0.6) is 5.75 Å². The number of carboxylic acid groups (broad SMARTS) is 2. The number of methoxy groups -OCH3 is 2. The molecule has 37 heteroatoms. The third-order valence-electron chi connectivity index (χ3n) is 14.9. The number of benzene rings is 8. The Morgan fingerprint density at radius 1 is 0.483 bits per heavy atom. The molecule has 1 amide bonds. The van der Waals surface area contributed by atoms with Crippen molar-refractivity contribution in [2.45, 2.75) is 47.8 Å². The summed E-state index contributed by atoms with van der Waals surface area (Å²) in [5.74, 6) is -1.94. The molecule has 116 heavy (non-hydrogen) atoms. The number of phenolic OH excluding ortho intramolecular Hbond substituents is 1. The van der Waals surface area contributed by atoms with Crippen molar-refractivity contribution in [1.29, 1.82) is 0 Å². The molecular formula is C79H69BrCl10LiN5O20. The van der Waals surface area contributed by atoms with E-state index in [0.29, 0.717) is 153 Å². The Morgan fingerprint density at radius 2 is 0.862 bits per heavy atom. The molecule has 7 heterocycles. The van der Waals surface area contributed by atoms with Crippen molar-refractivity contribution in [3.8, 4) is 51.8 Å². The van der Waals surface area contributed by atoms with Gasteiger partial charge in [-0.15, -0.1) is 0 Å². The molecule has 6 aromatic heterocycles. The first-order valence-electron chi connectivity index (χ1n) is 32.5. The van der Waals surface area contributed by atoms with Gasteiger partial charge in [0.15, 0.2) is 40.1 Å². The van der Waals surface area contributed by atoms with E-state index in [1.54, 1.807) is 122 Å². The smallest absolute Gasteiger partial charge is 0.870 e. The van der Waals surface area contributed by atoms with Gasteiger partial charge in [0.1, 0.15) is 5.75 Å². The number of furan rings is 4. The van der Waals surface area contributed by atoms with E-state index in [1.807, 2.05) is 13.8 Å². The minimum absolute atomic E-state index is 0. The molecule has 1 aliphatic rings. The Labute approximate surface area is 733 Å². The maximum atomic E-state index is 11.5. The molecule has 15 rings (SSSR count). The zero-order chi connectivity index (χ0) is 81.3. The minimum Gasteiger partial charge on any atom is -0.870 e. The summed E-state index contributed by atoms with van der Waals surface area (Å²) in [6.07, 6.45) is 4.06. The molecule has 1 aliphatic heterocycles. The summed E-state index contributed by atoms with van der Waals surface area (Å²) in [6.45, 7) is 7.32. The number of phenols is 1. The number of aromatic carboxylic acids is 2. The van der Waals surface area contributed by atoms with Crippen molar-refractivity contribution < 1.29 is 114 Å². The molecule has 6 N–H and O–H groups in total. The third-order valence-corrected chi connectivity index (χ3v) is 18.5. The minimum atomic E-state index is -1.15. The van der Waals surface area contributed by atoms with Crippen LogP contribution >= 0.6 is 132 Å². The van der Waals surface area contributed by atoms with Crippen LogP contribution < -0.4 is 24.6 Å². The molecule has 1 saturated heterocycles. The van der Waals surface area contributed by atoms with Crippen LogP contribution in [0.3, 0.4) is 0 Å². The number of alkyl halides is 1. The van der Waals surface area contributed by atoms with Gasteiger partial charge in [-0.3, -0.25) is 4.79 Å². The summed E-state index contributed by atoms with van der Waals surface area (Å²) in [6, 6.07) is 43.1. The molecule has 0 saturated carbocycles. The predicted octanol–water partition coefficient (Wildman–Crippen LogP) is 21.5. The second kappa shape index (κ2) is 48.8. The number of aromatic hydroxyl groups is 1. The van der Waals surface area contributed by atoms with Crippen LogP contribution in [0.15, 0.2) is 197 Å². The van der Waals surface area contributed by atoms with E-state index in [4.69, 9.17) is 178 Å². The van der Waals surface area contributed by atoms with Crippen molar-refractivity contribution in [2.24, 2.45) is 5.73 Å². The van der Waals surface area contributed by atoms with Crippen molar-refractivity contribution in [2.75, 3.05) is 46.0 Å². The fraction of sp³-hybridized carbons (Fsp3) is 0.177. The van der Waals surface area contributed by atoms with E-state index in [1.165, 1.54) is 75.6 Å². The number of carbonyl (C=O) groups is 5. The van der Waals surface area contributed by atoms with E-state index < -0.39 is 29.8 Å². The zero-order valence-corrected chi connectivity index (χ0v) is 69.2. The van der Waals surface area contributed by atoms with Crippen molar-refractivity contribution >= 4 is 206 Å². The average Bonchev–Trinajstić information content (AvgIpc) is 1.65. The van der Waals surface area contributed by atoms with Gasteiger partial charge in [-0.2, -0.15) is 9.97 Å². The fourth-order valence-corrected chi connectivity index (χ4v) is 11.7. The van der Waals surface area contributed by atoms with Gasteiger partial charge in [-0.05, 0) is 154 Å². The fourth-order valence-electron chi connectivity index (χ4n) is 9.39. The van der Waals surface area contributed by atoms with Crippen molar-refractivity contribution in [1.82, 2.24) is 20.3 Å². The number of rotatable bonds is 14. The first-order chi connectivity index (χ1) is 53.7. The van der Waals surface area contributed by atoms with Crippen LogP contribution in [0.1, 0.15) is 93.5 Å². The van der Waals surface area contributed by atoms with Crippen molar-refractivity contribution in [3.05, 3.63) is 248 Å². The predicted molar refractivity (Wildman–Crippen MR) is 448 cm³/mol. The van der Waals surface area contributed by atoms with Crippen LogP contribution in [-0.4, -0.2) is 123 Å². The number of primary amides is 1. The average molecular weight is 1850 g/mol. The SMILES string of the molecule is C.C.C1CCOC1.CCOC(CBr)OCC.COC(=O)c1ccc(-c2noc(-c3cc4c(Cl)ccc(Cl)c4o3)n2)cc1.COC(=O)c1ccc(C(N)=O)cc1.Clc1ccc(Cl)c2occc12.O=C(O)c1cc2c(Cl)ccc(Cl)c2o1.O=C(O)c1ccc(-c2noc(-c3cc4c(Cl)ccc(Cl)c4o3)n2)cc1.Oc1cc(Cl)ccc1Cl.[Li+].[OH-]. The number of carbonyl (C=O) groups excluding carboxylic acids is 3. The number of hydrogen-bond acceptors (Lipinski definition) is 22. The van der Waals surface area contributed by atoms with Gasteiger partial charge in [0, 0.05) is 81.8 Å². The summed E-state index contributed by atoms with van der Waals surface area (Å²) < 4.78 is 56.5. The number of carboxylic acids is 2. The molecular weight excluding hydrogens is 1780 g/mol. The summed E-state index contributed by atoms with van der Waals surface area (Å²) >= 11 is 62.1. The molecule has 14 aromatic rings. The zero-order valence-electron chi connectivity index (χ0n) is 60.0. The maximum Gasteiger partial charge on any atom is 1.00 e. The molecule has 0 radical (unpaired) electrons. The van der Waals surface area contributed by atoms with Crippen LogP contribution in [-0.2, 0) is 23.7 Å². The molecule has 608 valence electrons. The second-order valence-corrected chi connectivity index (χ2v) is 27.0. The number of hydrogen-bond donors (Lipinski definition) is 4. The Balaban J connectivity index is 0.000000291. The standard InChI is InChI=1S/C18H10Cl2N2O4.C17H8Cl2N2O4.C9H4Cl2O3.C9H9NO3.C8H4Cl2O.C6H13BrO2.C6H4Cl2O.C4H8O.2CH4.Li.H2O/c1-24-18(23)10-4-2-9(3-5-10)16-21-17(26-22-16)14-8-11-12(19)6-7-13(20)15(11)25-14;18-11-5-6-12(19)14-10(11)7-13(24-14)16-20-15(21-25-16)8-1-3-9(4-2-8)17(22)23;10-5-1-2-6(11)8-4(5)3-7(14-8)9(12)13;1-13-9(12)7-4-2-6(3-5-7)8(10)11;9-6-1-2-7(10)8-5(6)3-4-11-8;1-3-8-6(5-7)9-4-2;7-4-1-2-5(8)6(9)3-4;1-2-4-5-3-1;;;;/h2-8H,1H3;1-7H,(H,22,23);1-3H,(H,12,13);2-5H,1H3,(H2,10,11);1-4H;6H,3-5H2,1-2H3;1-3,9H;1-4H2;2*1H4;;1H2/q;;;;;;;;;;+1;/p-1. The number of fused-ring (bicyclic) bond motifs is 4. The number of aromatic nitrogens is 4. The first kappa shape index (κ1) is 99.5. The molecule has 0 atom stereocenters. The third kappa shape index (κ3) is 27.6. The van der Waals surface area contributed by atoms with E-state index in [2.05, 4.69) is 45.7 Å². The maximum absolute atomic E-state index is 11.5. The number of amides is 1. The Kier molecular flexibility index (Phi) is 41.8. The van der Waals surface area contributed by atoms with Gasteiger partial charge < -0.3 is 76.9 Å². The molecule has 0 aliphatic carbocycles. The molecule has 0 unspecified atom stereocenters. The second-order valence-electron chi connectivity index (χ2n) is 22.3. The monoisotopic (exact) mass is 1840 g/mol. The van der Waals surface area contributed by atoms with Gasteiger partial charge in [-0.1, -0.05) is 181 Å². The van der Waals surface area contributed by atoms with Gasteiger partial charge in [0.2, 0.25) is 23.3 Å². The Bertz CT molecular complexity index is 5380. The van der Waals surface area contributed by atoms with Gasteiger partial charge in [0.25, 0.3) is 11.8 Å². The van der Waals surface area contributed by atoms with E-state index in [9.17, 15) is 24.0 Å². The summed E-state index contributed by atoms with van der Waals surface area (Å²) in [4.78, 5) is 63.2. The summed E-state index contributed by atoms with van der Waals surface area (Å²) in [5, 5.41) is 42.5. The quantitative estimate of drug-likeness (QED) is 0.0340. The van der Waals surface area contributed by atoms with Gasteiger partial charge in [-0.25, -0.2) is 19.2 Å². The Hall–Kier alpha value is -8.83. The number of esters is 2. The number of halogens is 11. The van der Waals surface area contributed by atoms with Crippen molar-refractivity contribution in [3.63, 3.8) is 0 Å². The van der Waals surface area contributed by atoms with E-state index in [-0.39, 0.29) is 74.3 Å². The molecule has 25 nitrogen and oxygen atoms in total. The largest absolute Gasteiger partial charge is 1.00 e. The topological polar surface area (TPSA) is 379 Å².